The van der Waals surface area contributed by atoms with E-state index in [2.05, 4.69) is 20.8 Å². The summed E-state index contributed by atoms with van der Waals surface area (Å²) in [5, 5.41) is 19.1. The molecule has 1 aromatic rings. The zero-order valence-corrected chi connectivity index (χ0v) is 18.6. The first-order valence-electron chi connectivity index (χ1n) is 11.5. The Bertz CT molecular complexity index is 634. The average molecular weight is 405 g/mol. The molecule has 4 nitrogen and oxygen atoms in total. The van der Waals surface area contributed by atoms with Crippen LogP contribution in [0.15, 0.2) is 12.1 Å². The van der Waals surface area contributed by atoms with Gasteiger partial charge in [0, 0.05) is 0 Å². The third-order valence-electron chi connectivity index (χ3n) is 5.51. The zero-order valence-electron chi connectivity index (χ0n) is 18.6. The van der Waals surface area contributed by atoms with Crippen molar-refractivity contribution in [2.24, 2.45) is 5.92 Å². The van der Waals surface area contributed by atoms with Crippen LogP contribution in [0, 0.1) is 5.92 Å². The van der Waals surface area contributed by atoms with Crippen LogP contribution >= 0.6 is 0 Å². The molecule has 2 N–H and O–H groups in total. The lowest BCUT2D eigenvalue weighted by atomic mass is 9.88. The summed E-state index contributed by atoms with van der Waals surface area (Å²) in [6, 6.07) is 3.26. The van der Waals surface area contributed by atoms with Gasteiger partial charge in [-0.1, -0.05) is 91.0 Å². The summed E-state index contributed by atoms with van der Waals surface area (Å²) in [4.78, 5) is 23.3. The van der Waals surface area contributed by atoms with Crippen LogP contribution in [0.5, 0.6) is 0 Å². The van der Waals surface area contributed by atoms with Crippen LogP contribution < -0.4 is 0 Å². The smallest absolute Gasteiger partial charge is 0.336 e. The van der Waals surface area contributed by atoms with Gasteiger partial charge in [-0.15, -0.1) is 0 Å². The summed E-state index contributed by atoms with van der Waals surface area (Å²) in [7, 11) is 0. The van der Waals surface area contributed by atoms with Crippen LogP contribution in [-0.2, 0) is 12.8 Å². The normalized spacial score (nSPS) is 11.2. The largest absolute Gasteiger partial charge is 0.478 e. The lowest BCUT2D eigenvalue weighted by Gasteiger charge is -2.16. The third kappa shape index (κ3) is 9.47. The fourth-order valence-corrected chi connectivity index (χ4v) is 4.00. The first kappa shape index (κ1) is 25.2. The lowest BCUT2D eigenvalue weighted by molar-refractivity contribution is 0.0650. The van der Waals surface area contributed by atoms with Crippen LogP contribution in [-0.4, -0.2) is 22.2 Å². The summed E-state index contributed by atoms with van der Waals surface area (Å²) in [5.41, 5.74) is 1.60. The Labute approximate surface area is 176 Å². The van der Waals surface area contributed by atoms with E-state index in [1.807, 2.05) is 6.07 Å². The molecule has 0 amide bonds. The van der Waals surface area contributed by atoms with Gasteiger partial charge in [0.25, 0.3) is 0 Å². The van der Waals surface area contributed by atoms with Gasteiger partial charge < -0.3 is 10.2 Å². The highest BCUT2D eigenvalue weighted by Crippen LogP contribution is 2.25. The summed E-state index contributed by atoms with van der Waals surface area (Å²) in [6.45, 7) is 6.43. The molecular weight excluding hydrogens is 364 g/mol. The van der Waals surface area contributed by atoms with Gasteiger partial charge in [0.05, 0.1) is 11.1 Å². The van der Waals surface area contributed by atoms with E-state index >= 15 is 0 Å². The van der Waals surface area contributed by atoms with Gasteiger partial charge in [-0.25, -0.2) is 9.59 Å². The third-order valence-corrected chi connectivity index (χ3v) is 5.51. The number of aromatic carboxylic acids is 2. The van der Waals surface area contributed by atoms with E-state index in [1.165, 1.54) is 57.4 Å². The van der Waals surface area contributed by atoms with Crippen molar-refractivity contribution in [3.05, 3.63) is 34.4 Å². The highest BCUT2D eigenvalue weighted by atomic mass is 16.4. The van der Waals surface area contributed by atoms with E-state index in [0.717, 1.165) is 36.8 Å². The molecule has 29 heavy (non-hydrogen) atoms. The molecule has 0 aromatic heterocycles. The number of benzene rings is 1. The van der Waals surface area contributed by atoms with Crippen LogP contribution in [0.4, 0.5) is 0 Å². The Morgan fingerprint density at radius 3 is 1.76 bits per heavy atom. The van der Waals surface area contributed by atoms with Crippen molar-refractivity contribution in [3.8, 4) is 0 Å². The van der Waals surface area contributed by atoms with E-state index < -0.39 is 11.9 Å². The van der Waals surface area contributed by atoms with Gasteiger partial charge >= 0.3 is 11.9 Å². The molecule has 0 unspecified atom stereocenters. The Morgan fingerprint density at radius 1 is 0.793 bits per heavy atom. The summed E-state index contributed by atoms with van der Waals surface area (Å²) >= 11 is 0. The number of unbranched alkanes of at least 4 members (excludes halogenated alkanes) is 10. The highest BCUT2D eigenvalue weighted by Gasteiger charge is 2.22. The lowest BCUT2D eigenvalue weighted by Crippen LogP contribution is -2.14. The average Bonchev–Trinajstić information content (AvgIpc) is 2.65. The molecule has 0 aliphatic carbocycles. The predicted octanol–water partition coefficient (Wildman–Crippen LogP) is 7.14. The molecule has 0 fully saturated rings. The first-order chi connectivity index (χ1) is 13.9. The summed E-state index contributed by atoms with van der Waals surface area (Å²) in [5.74, 6) is -1.91. The van der Waals surface area contributed by atoms with Crippen molar-refractivity contribution in [2.45, 2.75) is 104 Å². The fraction of sp³-hybridized carbons (Fsp3) is 0.680. The van der Waals surface area contributed by atoms with Gasteiger partial charge in [0.15, 0.2) is 0 Å². The molecule has 0 aliphatic heterocycles. The van der Waals surface area contributed by atoms with Crippen molar-refractivity contribution < 1.29 is 19.8 Å². The molecule has 0 heterocycles. The van der Waals surface area contributed by atoms with Crippen molar-refractivity contribution in [1.29, 1.82) is 0 Å². The van der Waals surface area contributed by atoms with E-state index in [9.17, 15) is 19.8 Å². The monoisotopic (exact) mass is 404 g/mol. The Balaban J connectivity index is 2.57. The molecule has 0 saturated heterocycles. The molecule has 0 atom stereocenters. The van der Waals surface area contributed by atoms with Gasteiger partial charge in [-0.05, 0) is 42.4 Å². The summed E-state index contributed by atoms with van der Waals surface area (Å²) in [6.07, 6.45) is 15.0. The number of carboxylic acids is 2. The maximum atomic E-state index is 11.8. The van der Waals surface area contributed by atoms with Crippen LogP contribution in [0.3, 0.4) is 0 Å². The number of rotatable bonds is 16. The van der Waals surface area contributed by atoms with Crippen LogP contribution in [0.1, 0.15) is 123 Å². The Kier molecular flexibility index (Phi) is 12.3. The molecule has 4 heteroatoms. The minimum Gasteiger partial charge on any atom is -0.478 e. The van der Waals surface area contributed by atoms with Crippen molar-refractivity contribution >= 4 is 11.9 Å². The first-order valence-corrected chi connectivity index (χ1v) is 11.5. The fourth-order valence-electron chi connectivity index (χ4n) is 4.00. The van der Waals surface area contributed by atoms with Crippen LogP contribution in [0.25, 0.3) is 0 Å². The second kappa shape index (κ2) is 14.2. The summed E-state index contributed by atoms with van der Waals surface area (Å²) < 4.78 is 0. The Hall–Kier alpha value is -1.84. The van der Waals surface area contributed by atoms with Gasteiger partial charge in [-0.3, -0.25) is 0 Å². The van der Waals surface area contributed by atoms with E-state index in [4.69, 9.17) is 0 Å². The number of carboxylic acid groups (broad SMARTS) is 2. The quantitative estimate of drug-likeness (QED) is 0.287. The second-order valence-electron chi connectivity index (χ2n) is 8.62. The maximum absolute atomic E-state index is 11.8. The van der Waals surface area contributed by atoms with Crippen LogP contribution in [0.2, 0.25) is 0 Å². The van der Waals surface area contributed by atoms with E-state index in [-0.39, 0.29) is 11.1 Å². The van der Waals surface area contributed by atoms with Crippen molar-refractivity contribution in [1.82, 2.24) is 0 Å². The molecular formula is C25H40O4. The van der Waals surface area contributed by atoms with Gasteiger partial charge in [0.1, 0.15) is 0 Å². The molecule has 0 saturated carbocycles. The molecule has 0 spiro atoms. The highest BCUT2D eigenvalue weighted by molar-refractivity contribution is 6.03. The van der Waals surface area contributed by atoms with E-state index in [0.29, 0.717) is 12.3 Å². The topological polar surface area (TPSA) is 74.6 Å². The van der Waals surface area contributed by atoms with Gasteiger partial charge in [0.2, 0.25) is 0 Å². The maximum Gasteiger partial charge on any atom is 0.336 e. The molecule has 1 rings (SSSR count). The molecule has 0 aliphatic rings. The number of hydrogen-bond acceptors (Lipinski definition) is 2. The molecule has 0 bridgehead atoms. The molecule has 0 radical (unpaired) electrons. The number of carbonyl (C=O) groups is 2. The molecule has 1 aromatic carbocycles. The molecule has 164 valence electrons. The van der Waals surface area contributed by atoms with E-state index in [1.54, 1.807) is 0 Å². The minimum atomic E-state index is -1.17. The second-order valence-corrected chi connectivity index (χ2v) is 8.62. The van der Waals surface area contributed by atoms with Crippen molar-refractivity contribution in [2.75, 3.05) is 0 Å². The zero-order chi connectivity index (χ0) is 21.6. The predicted molar refractivity (Wildman–Crippen MR) is 119 cm³/mol. The van der Waals surface area contributed by atoms with Crippen molar-refractivity contribution in [3.63, 3.8) is 0 Å². The SMILES string of the molecule is CCCCCCCCCCCCCc1c(CC(C)C)ccc(C(=O)O)c1C(=O)O. The standard InChI is InChI=1S/C25H40O4/c1-4-5-6-7-8-9-10-11-12-13-14-15-21-20(18-19(2)3)16-17-22(24(26)27)23(21)25(28)29/h16-17,19H,4-15,18H2,1-3H3,(H,26,27)(H,28,29). The Morgan fingerprint density at radius 2 is 1.31 bits per heavy atom. The number of hydrogen-bond donors (Lipinski definition) is 2. The minimum absolute atomic E-state index is 0.0114. The van der Waals surface area contributed by atoms with Gasteiger partial charge in [-0.2, -0.15) is 0 Å².